The van der Waals surface area contributed by atoms with E-state index in [9.17, 15) is 57.5 Å². The van der Waals surface area contributed by atoms with E-state index in [1.807, 2.05) is 0 Å². The van der Waals surface area contributed by atoms with Gasteiger partial charge in [0.25, 0.3) is 0 Å². The SMILES string of the molecule is O=C(O)c1cnc(N2CCC(c3cc(Cl)c(Cl)c(Cl)c3)(C(F)(F)F)C2)nc1C(F)(F)F.OCc1cnc(N2CCC(c3cc(Cl)c(Cl)c(Cl)c3)(C(F)(F)F)C2)nc1C(F)(F)F. The van der Waals surface area contributed by atoms with Crippen molar-refractivity contribution >= 4 is 87.5 Å². The zero-order valence-electron chi connectivity index (χ0n) is 29.7. The van der Waals surface area contributed by atoms with E-state index < -0.39 is 108 Å². The topological polar surface area (TPSA) is 116 Å². The molecule has 2 aliphatic rings. The fourth-order valence-corrected chi connectivity index (χ4v) is 7.89. The number of anilines is 2. The molecule has 61 heavy (non-hydrogen) atoms. The summed E-state index contributed by atoms with van der Waals surface area (Å²) < 4.78 is 164. The largest absolute Gasteiger partial charge is 0.478 e. The van der Waals surface area contributed by atoms with Crippen LogP contribution in [0.2, 0.25) is 30.1 Å². The van der Waals surface area contributed by atoms with Gasteiger partial charge in [-0.3, -0.25) is 0 Å². The quantitative estimate of drug-likeness (QED) is 0.144. The van der Waals surface area contributed by atoms with Crippen LogP contribution in [0.1, 0.15) is 51.3 Å². The highest BCUT2D eigenvalue weighted by Gasteiger charge is 2.61. The molecule has 2 fully saturated rings. The van der Waals surface area contributed by atoms with E-state index in [0.29, 0.717) is 6.20 Å². The van der Waals surface area contributed by atoms with Crippen LogP contribution in [0.4, 0.5) is 64.6 Å². The average Bonchev–Trinajstić information content (AvgIpc) is 3.83. The molecule has 2 unspecified atom stereocenters. The van der Waals surface area contributed by atoms with E-state index in [1.54, 1.807) is 0 Å². The second-order valence-corrected chi connectivity index (χ2v) is 15.8. The molecular weight excluding hydrogens is 981 g/mol. The molecule has 2 aliphatic heterocycles. The van der Waals surface area contributed by atoms with E-state index in [0.717, 1.165) is 40.3 Å². The first kappa shape index (κ1) is 48.6. The van der Waals surface area contributed by atoms with Gasteiger partial charge in [0.05, 0.1) is 36.7 Å². The zero-order chi connectivity index (χ0) is 45.8. The number of hydrogen-bond acceptors (Lipinski definition) is 8. The van der Waals surface area contributed by atoms with Crippen LogP contribution in [0.3, 0.4) is 0 Å². The first-order chi connectivity index (χ1) is 28.0. The summed E-state index contributed by atoms with van der Waals surface area (Å²) in [6.45, 7) is -3.19. The highest BCUT2D eigenvalue weighted by Crippen LogP contribution is 2.52. The maximum atomic E-state index is 14.1. The van der Waals surface area contributed by atoms with E-state index in [-0.39, 0.29) is 54.4 Å². The molecule has 27 heteroatoms. The number of aliphatic hydroxyl groups excluding tert-OH is 1. The Morgan fingerprint density at radius 2 is 0.984 bits per heavy atom. The van der Waals surface area contributed by atoms with E-state index >= 15 is 0 Å². The molecule has 9 nitrogen and oxygen atoms in total. The lowest BCUT2D eigenvalue weighted by Crippen LogP contribution is -2.45. The van der Waals surface area contributed by atoms with Crippen molar-refractivity contribution in [1.82, 2.24) is 19.9 Å². The molecule has 0 spiro atoms. The monoisotopic (exact) mass is 1000 g/mol. The van der Waals surface area contributed by atoms with Crippen LogP contribution in [0.5, 0.6) is 0 Å². The van der Waals surface area contributed by atoms with Gasteiger partial charge in [-0.05, 0) is 48.2 Å². The molecule has 2 aromatic heterocycles. The summed E-state index contributed by atoms with van der Waals surface area (Å²) in [5, 5.41) is 17.0. The molecular formula is C34H22Cl6F12N6O3. The zero-order valence-corrected chi connectivity index (χ0v) is 34.2. The number of aliphatic hydroxyl groups is 1. The van der Waals surface area contributed by atoms with Gasteiger partial charge >= 0.3 is 30.7 Å². The maximum absolute atomic E-state index is 14.1. The normalized spacial score (nSPS) is 19.9. The van der Waals surface area contributed by atoms with Crippen molar-refractivity contribution in [2.75, 3.05) is 36.0 Å². The van der Waals surface area contributed by atoms with Crippen molar-refractivity contribution in [3.05, 3.63) is 100 Å². The van der Waals surface area contributed by atoms with E-state index in [4.69, 9.17) is 79.8 Å². The van der Waals surface area contributed by atoms with Gasteiger partial charge < -0.3 is 20.0 Å². The molecule has 332 valence electrons. The molecule has 0 saturated carbocycles. The van der Waals surface area contributed by atoms with Crippen LogP contribution in [0, 0.1) is 0 Å². The van der Waals surface area contributed by atoms with Crippen LogP contribution >= 0.6 is 69.6 Å². The van der Waals surface area contributed by atoms with Gasteiger partial charge in [-0.15, -0.1) is 0 Å². The first-order valence-electron chi connectivity index (χ1n) is 16.6. The number of carboxylic acid groups (broad SMARTS) is 1. The van der Waals surface area contributed by atoms with Crippen molar-refractivity contribution in [3.8, 4) is 0 Å². The number of benzene rings is 2. The summed E-state index contributed by atoms with van der Waals surface area (Å²) in [5.41, 5.74) is -10.6. The van der Waals surface area contributed by atoms with Crippen molar-refractivity contribution < 1.29 is 67.7 Å². The average molecular weight is 1000 g/mol. The summed E-state index contributed by atoms with van der Waals surface area (Å²) in [5.74, 6) is -3.14. The molecule has 2 saturated heterocycles. The number of carbonyl (C=O) groups is 1. The molecule has 2 N–H and O–H groups in total. The van der Waals surface area contributed by atoms with Crippen molar-refractivity contribution in [2.24, 2.45) is 0 Å². The maximum Gasteiger partial charge on any atom is 0.434 e. The van der Waals surface area contributed by atoms with Crippen LogP contribution in [-0.4, -0.2) is 74.6 Å². The number of alkyl halides is 12. The van der Waals surface area contributed by atoms with Crippen molar-refractivity contribution in [3.63, 3.8) is 0 Å². The summed E-state index contributed by atoms with van der Waals surface area (Å²) in [6.07, 6.45) is -19.6. The Hall–Kier alpha value is -3.47. The Balaban J connectivity index is 0.000000231. The van der Waals surface area contributed by atoms with Gasteiger partial charge in [-0.2, -0.15) is 52.7 Å². The number of hydrogen-bond donors (Lipinski definition) is 2. The van der Waals surface area contributed by atoms with Crippen LogP contribution in [0.15, 0.2) is 36.7 Å². The standard InChI is InChI=1S/C17H10Cl3F6N3O2.C17H12Cl3F6N3O/c18-9-3-7(4-10(19)11(9)20)15(17(24,25)26)1-2-29(6-15)14-27-5-8(13(30)31)12(28-14)16(21,22)23;18-10-3-9(4-11(19)12(10)20)15(17(24,25)26)1-2-29(7-15)14-27-5-8(6-30)13(28-14)16(21,22)23/h3-5H,1-2,6H2,(H,30,31);3-5,30H,1-2,6-7H2. The van der Waals surface area contributed by atoms with Gasteiger partial charge in [0.1, 0.15) is 16.4 Å². The minimum atomic E-state index is -5.15. The first-order valence-corrected chi connectivity index (χ1v) is 18.9. The predicted molar refractivity (Wildman–Crippen MR) is 199 cm³/mol. The molecule has 2 aromatic carbocycles. The van der Waals surface area contributed by atoms with Crippen LogP contribution < -0.4 is 9.80 Å². The van der Waals surface area contributed by atoms with E-state index in [1.165, 1.54) is 0 Å². The fraction of sp³-hybridized carbons (Fsp3) is 0.382. The number of carboxylic acids is 1. The van der Waals surface area contributed by atoms with Gasteiger partial charge in [-0.25, -0.2) is 24.7 Å². The minimum Gasteiger partial charge on any atom is -0.478 e. The van der Waals surface area contributed by atoms with Crippen LogP contribution in [-0.2, 0) is 29.8 Å². The number of rotatable bonds is 6. The number of aromatic nitrogens is 4. The molecule has 0 radical (unpaired) electrons. The van der Waals surface area contributed by atoms with Crippen molar-refractivity contribution in [2.45, 2.75) is 55.0 Å². The fourth-order valence-electron chi connectivity index (χ4n) is 6.69. The lowest BCUT2D eigenvalue weighted by Gasteiger charge is -2.32. The van der Waals surface area contributed by atoms with Crippen LogP contribution in [0.25, 0.3) is 0 Å². The number of aromatic carboxylic acids is 1. The Morgan fingerprint density at radius 1 is 0.623 bits per heavy atom. The van der Waals surface area contributed by atoms with Crippen molar-refractivity contribution in [1.29, 1.82) is 0 Å². The second kappa shape index (κ2) is 17.2. The Labute approximate surface area is 365 Å². The van der Waals surface area contributed by atoms with Gasteiger partial charge in [-0.1, -0.05) is 69.6 Å². The molecule has 0 aliphatic carbocycles. The summed E-state index contributed by atoms with van der Waals surface area (Å²) in [6, 6.07) is 4.10. The Kier molecular flexibility index (Phi) is 13.7. The molecule has 0 amide bonds. The molecule has 4 heterocycles. The summed E-state index contributed by atoms with van der Waals surface area (Å²) in [4.78, 5) is 26.8. The highest BCUT2D eigenvalue weighted by atomic mass is 35.5. The number of halogens is 18. The predicted octanol–water partition coefficient (Wildman–Crippen LogP) is 11.5. The molecule has 2 atom stereocenters. The molecule has 0 bridgehead atoms. The number of nitrogens with zero attached hydrogens (tertiary/aromatic N) is 6. The smallest absolute Gasteiger partial charge is 0.434 e. The summed E-state index contributed by atoms with van der Waals surface area (Å²) in [7, 11) is 0. The van der Waals surface area contributed by atoms with Gasteiger partial charge in [0, 0.05) is 44.1 Å². The lowest BCUT2D eigenvalue weighted by molar-refractivity contribution is -0.185. The lowest BCUT2D eigenvalue weighted by atomic mass is 9.79. The van der Waals surface area contributed by atoms with E-state index in [2.05, 4.69) is 19.9 Å². The highest BCUT2D eigenvalue weighted by molar-refractivity contribution is 6.48. The Morgan fingerprint density at radius 3 is 1.31 bits per heavy atom. The van der Waals surface area contributed by atoms with Gasteiger partial charge in [0.2, 0.25) is 11.9 Å². The van der Waals surface area contributed by atoms with Gasteiger partial charge in [0.15, 0.2) is 11.4 Å². The molecule has 6 rings (SSSR count). The third-order valence-corrected chi connectivity index (χ3v) is 12.2. The third kappa shape index (κ3) is 9.57. The second-order valence-electron chi connectivity index (χ2n) is 13.4. The third-order valence-electron chi connectivity index (χ3n) is 9.83. The Bertz CT molecular complexity index is 2290. The molecule has 4 aromatic rings. The minimum absolute atomic E-state index is 0.105. The summed E-state index contributed by atoms with van der Waals surface area (Å²) >= 11 is 35.2.